The Labute approximate surface area is 281 Å². The zero-order chi connectivity index (χ0) is 31.2. The number of nitrogens with zero attached hydrogens (tertiary/aromatic N) is 3. The number of halogens is 1. The van der Waals surface area contributed by atoms with E-state index in [1.54, 1.807) is 14.2 Å². The number of ether oxygens (including phenoxy) is 2. The third kappa shape index (κ3) is 7.69. The molecule has 3 fully saturated rings. The molecule has 8 heteroatoms. The lowest BCUT2D eigenvalue weighted by molar-refractivity contribution is 0.0710. The number of carbonyl (C=O) groups excluding carboxylic acids is 1. The van der Waals surface area contributed by atoms with E-state index < -0.39 is 0 Å². The first-order valence-electron chi connectivity index (χ1n) is 17.4. The lowest BCUT2D eigenvalue weighted by Crippen LogP contribution is -2.51. The summed E-state index contributed by atoms with van der Waals surface area (Å²) >= 11 is 0. The fraction of sp³-hybridized carbons (Fsp3) is 0.553. The number of hydrogen-bond acceptors (Lipinski definition) is 4. The van der Waals surface area contributed by atoms with Crippen LogP contribution in [0.25, 0.3) is 21.8 Å². The molecule has 2 aliphatic carbocycles. The monoisotopic (exact) mass is 648 g/mol. The summed E-state index contributed by atoms with van der Waals surface area (Å²) in [6.07, 6.45) is 17.9. The van der Waals surface area contributed by atoms with Gasteiger partial charge in [0.2, 0.25) is 0 Å². The Morgan fingerprint density at radius 3 is 2.04 bits per heavy atom. The second-order valence-electron chi connectivity index (χ2n) is 13.5. The molecule has 1 amide bonds. The number of fused-ring (bicyclic) bond motifs is 2. The minimum absolute atomic E-state index is 0. The Bertz CT molecular complexity index is 1570. The van der Waals surface area contributed by atoms with E-state index in [4.69, 9.17) is 9.47 Å². The van der Waals surface area contributed by atoms with Crippen LogP contribution in [0.4, 0.5) is 0 Å². The third-order valence-corrected chi connectivity index (χ3v) is 10.3. The molecule has 7 rings (SSSR count). The SMILES string of the molecule is COc1cccc2c(C(=O)N3CCN[C@@H](C)C3)cn(CC3CCCCC3)c12.COc1cccc2ccn(CC3CCCCC3)c12.Cl. The van der Waals surface area contributed by atoms with Crippen molar-refractivity contribution in [2.24, 2.45) is 11.8 Å². The summed E-state index contributed by atoms with van der Waals surface area (Å²) in [5.74, 6) is 3.54. The van der Waals surface area contributed by atoms with Gasteiger partial charge in [0.05, 0.1) is 30.8 Å². The van der Waals surface area contributed by atoms with Crippen LogP contribution in [0.2, 0.25) is 0 Å². The van der Waals surface area contributed by atoms with Gasteiger partial charge < -0.3 is 28.8 Å². The molecule has 2 saturated carbocycles. The highest BCUT2D eigenvalue weighted by Crippen LogP contribution is 2.34. The zero-order valence-corrected chi connectivity index (χ0v) is 28.8. The highest BCUT2D eigenvalue weighted by atomic mass is 35.5. The van der Waals surface area contributed by atoms with Gasteiger partial charge in [-0.05, 0) is 62.6 Å². The average molecular weight is 649 g/mol. The largest absolute Gasteiger partial charge is 0.495 e. The summed E-state index contributed by atoms with van der Waals surface area (Å²) < 4.78 is 15.8. The minimum Gasteiger partial charge on any atom is -0.495 e. The van der Waals surface area contributed by atoms with Crippen molar-refractivity contribution in [3.05, 3.63) is 60.4 Å². The number of amides is 1. The molecule has 4 aromatic rings. The number of hydrogen-bond donors (Lipinski definition) is 1. The van der Waals surface area contributed by atoms with Gasteiger partial charge in [-0.2, -0.15) is 0 Å². The molecule has 1 atom stereocenters. The Morgan fingerprint density at radius 1 is 0.804 bits per heavy atom. The lowest BCUT2D eigenvalue weighted by Gasteiger charge is -2.31. The predicted octanol–water partition coefficient (Wildman–Crippen LogP) is 8.32. The number of methoxy groups -OCH3 is 2. The van der Waals surface area contributed by atoms with Crippen LogP contribution < -0.4 is 14.8 Å². The van der Waals surface area contributed by atoms with E-state index in [9.17, 15) is 4.79 Å². The van der Waals surface area contributed by atoms with Gasteiger partial charge in [-0.3, -0.25) is 4.79 Å². The van der Waals surface area contributed by atoms with Crippen LogP contribution in [0.1, 0.15) is 81.5 Å². The summed E-state index contributed by atoms with van der Waals surface area (Å²) in [6.45, 7) is 6.64. The highest BCUT2D eigenvalue weighted by Gasteiger charge is 2.26. The van der Waals surface area contributed by atoms with Crippen LogP contribution in [-0.2, 0) is 13.1 Å². The number of para-hydroxylation sites is 2. The van der Waals surface area contributed by atoms with E-state index in [1.807, 2.05) is 17.0 Å². The molecular weight excluding hydrogens is 596 g/mol. The Hall–Kier alpha value is -3.16. The van der Waals surface area contributed by atoms with E-state index in [2.05, 4.69) is 64.1 Å². The van der Waals surface area contributed by atoms with Crippen LogP contribution in [0, 0.1) is 11.8 Å². The maximum absolute atomic E-state index is 13.3. The molecule has 0 spiro atoms. The smallest absolute Gasteiger partial charge is 0.256 e. The topological polar surface area (TPSA) is 60.7 Å². The molecule has 0 bridgehead atoms. The summed E-state index contributed by atoms with van der Waals surface area (Å²) in [5.41, 5.74) is 3.14. The first-order chi connectivity index (χ1) is 22.1. The van der Waals surface area contributed by atoms with Gasteiger partial charge in [-0.1, -0.05) is 62.8 Å². The standard InChI is InChI=1S/C22H31N3O2.C16H21NO.ClH/c1-16-13-24(12-11-23-16)22(26)19-15-25(14-17-7-4-3-5-8-17)21-18(19)9-6-10-20(21)27-2;1-18-15-9-5-8-14-10-11-17(16(14)15)12-13-6-3-2-4-7-13;/h6,9-10,15-17,23H,3-5,7-8,11-14H2,1-2H3;5,8-11,13H,2-4,6-7,12H2,1H3;1H/t16-;;/m0../s1. The van der Waals surface area contributed by atoms with Gasteiger partial charge in [0, 0.05) is 61.9 Å². The number of benzene rings is 2. The summed E-state index contributed by atoms with van der Waals surface area (Å²) in [7, 11) is 3.47. The Kier molecular flexibility index (Phi) is 12.0. The van der Waals surface area contributed by atoms with Gasteiger partial charge in [0.25, 0.3) is 5.91 Å². The van der Waals surface area contributed by atoms with E-state index in [0.29, 0.717) is 12.0 Å². The van der Waals surface area contributed by atoms with Gasteiger partial charge >= 0.3 is 0 Å². The van der Waals surface area contributed by atoms with Crippen molar-refractivity contribution >= 4 is 40.1 Å². The second-order valence-corrected chi connectivity index (χ2v) is 13.5. The van der Waals surface area contributed by atoms with E-state index in [1.165, 1.54) is 75.1 Å². The Morgan fingerprint density at radius 2 is 1.41 bits per heavy atom. The number of carbonyl (C=O) groups is 1. The van der Waals surface area contributed by atoms with Gasteiger partial charge in [-0.15, -0.1) is 12.4 Å². The Balaban J connectivity index is 0.000000191. The summed E-state index contributed by atoms with van der Waals surface area (Å²) in [4.78, 5) is 15.3. The fourth-order valence-corrected chi connectivity index (χ4v) is 7.93. The fourth-order valence-electron chi connectivity index (χ4n) is 7.93. The van der Waals surface area contributed by atoms with Crippen molar-refractivity contribution in [2.75, 3.05) is 33.9 Å². The molecule has 3 heterocycles. The number of nitrogens with one attached hydrogen (secondary N) is 1. The second kappa shape index (κ2) is 16.1. The molecule has 46 heavy (non-hydrogen) atoms. The quantitative estimate of drug-likeness (QED) is 0.219. The zero-order valence-electron chi connectivity index (χ0n) is 28.0. The average Bonchev–Trinajstić information content (AvgIpc) is 3.67. The molecule has 0 radical (unpaired) electrons. The first kappa shape index (κ1) is 34.2. The van der Waals surface area contributed by atoms with Crippen molar-refractivity contribution < 1.29 is 14.3 Å². The number of rotatable bonds is 7. The van der Waals surface area contributed by atoms with E-state index >= 15 is 0 Å². The van der Waals surface area contributed by atoms with Crippen molar-refractivity contribution in [3.8, 4) is 11.5 Å². The van der Waals surface area contributed by atoms with E-state index in [-0.39, 0.29) is 18.3 Å². The van der Waals surface area contributed by atoms with E-state index in [0.717, 1.165) is 66.6 Å². The maximum Gasteiger partial charge on any atom is 0.256 e. The van der Waals surface area contributed by atoms with Crippen molar-refractivity contribution in [1.29, 1.82) is 0 Å². The van der Waals surface area contributed by atoms with Crippen LogP contribution in [-0.4, -0.2) is 59.8 Å². The van der Waals surface area contributed by atoms with Crippen LogP contribution in [0.5, 0.6) is 11.5 Å². The molecule has 3 aliphatic rings. The lowest BCUT2D eigenvalue weighted by atomic mass is 9.89. The molecule has 250 valence electrons. The first-order valence-corrected chi connectivity index (χ1v) is 17.4. The van der Waals surface area contributed by atoms with Crippen LogP contribution in [0.15, 0.2) is 54.9 Å². The maximum atomic E-state index is 13.3. The van der Waals surface area contributed by atoms with Crippen LogP contribution in [0.3, 0.4) is 0 Å². The third-order valence-electron chi connectivity index (χ3n) is 10.3. The normalized spacial score (nSPS) is 19.4. The number of aromatic nitrogens is 2. The number of piperazine rings is 1. The molecule has 2 aromatic heterocycles. The molecule has 2 aromatic carbocycles. The predicted molar refractivity (Wildman–Crippen MR) is 191 cm³/mol. The van der Waals surface area contributed by atoms with Crippen molar-refractivity contribution in [2.45, 2.75) is 90.3 Å². The molecule has 7 nitrogen and oxygen atoms in total. The summed E-state index contributed by atoms with van der Waals surface area (Å²) in [6, 6.07) is 14.9. The van der Waals surface area contributed by atoms with Crippen molar-refractivity contribution in [3.63, 3.8) is 0 Å². The molecule has 1 saturated heterocycles. The van der Waals surface area contributed by atoms with Crippen LogP contribution >= 0.6 is 12.4 Å². The molecule has 1 N–H and O–H groups in total. The summed E-state index contributed by atoms with van der Waals surface area (Å²) in [5, 5.41) is 5.71. The molecule has 0 unspecified atom stereocenters. The molecule has 1 aliphatic heterocycles. The minimum atomic E-state index is 0. The molecular formula is C38H53ClN4O3. The van der Waals surface area contributed by atoms with Gasteiger partial charge in [-0.25, -0.2) is 0 Å². The van der Waals surface area contributed by atoms with Gasteiger partial charge in [0.15, 0.2) is 0 Å². The highest BCUT2D eigenvalue weighted by molar-refractivity contribution is 6.08. The van der Waals surface area contributed by atoms with Crippen molar-refractivity contribution in [1.82, 2.24) is 19.4 Å². The van der Waals surface area contributed by atoms with Gasteiger partial charge in [0.1, 0.15) is 11.5 Å².